The Morgan fingerprint density at radius 3 is 2.71 bits per heavy atom. The minimum atomic E-state index is -0.390. The van der Waals surface area contributed by atoms with E-state index in [9.17, 15) is 9.59 Å². The highest BCUT2D eigenvalue weighted by Crippen LogP contribution is 2.21. The van der Waals surface area contributed by atoms with Gasteiger partial charge in [-0.3, -0.25) is 14.7 Å². The van der Waals surface area contributed by atoms with E-state index < -0.39 is 0 Å². The van der Waals surface area contributed by atoms with Gasteiger partial charge in [-0.15, -0.1) is 0 Å². The van der Waals surface area contributed by atoms with E-state index in [1.54, 1.807) is 0 Å². The Morgan fingerprint density at radius 1 is 1.14 bits per heavy atom. The summed E-state index contributed by atoms with van der Waals surface area (Å²) in [6.45, 7) is 0. The Bertz CT molecular complexity index is 821. The van der Waals surface area contributed by atoms with Crippen LogP contribution in [-0.4, -0.2) is 21.1 Å². The third kappa shape index (κ3) is 2.59. The molecule has 0 bridgehead atoms. The van der Waals surface area contributed by atoms with Crippen molar-refractivity contribution in [1.29, 1.82) is 0 Å². The number of aromatic nitrogens is 3. The Balaban J connectivity index is 1.92. The molecule has 0 saturated carbocycles. The lowest BCUT2D eigenvalue weighted by atomic mass is 10.1. The summed E-state index contributed by atoms with van der Waals surface area (Å²) in [6.07, 6.45) is 4.39. The van der Waals surface area contributed by atoms with Gasteiger partial charge in [-0.05, 0) is 0 Å². The number of anilines is 1. The van der Waals surface area contributed by atoms with Crippen LogP contribution in [0.4, 0.5) is 5.69 Å². The van der Waals surface area contributed by atoms with Crippen molar-refractivity contribution in [2.45, 2.75) is 0 Å². The van der Waals surface area contributed by atoms with E-state index >= 15 is 0 Å². The van der Waals surface area contributed by atoms with Crippen molar-refractivity contribution in [1.82, 2.24) is 15.2 Å². The Morgan fingerprint density at radius 2 is 1.95 bits per heavy atom. The molecule has 2 heterocycles. The zero-order valence-corrected chi connectivity index (χ0v) is 11.0. The Hall–Kier alpha value is -3.15. The lowest BCUT2D eigenvalue weighted by molar-refractivity contribution is 0.102. The predicted octanol–water partition coefficient (Wildman–Crippen LogP) is 2.02. The molecular formula is C15H12N4O2. The molecule has 1 aromatic carbocycles. The van der Waals surface area contributed by atoms with Crippen LogP contribution in [0.15, 0.2) is 59.8 Å². The van der Waals surface area contributed by atoms with Gasteiger partial charge in [-0.25, -0.2) is 0 Å². The number of rotatable bonds is 3. The average molecular weight is 280 g/mol. The topological polar surface area (TPSA) is 90.6 Å². The smallest absolute Gasteiger partial charge is 0.259 e. The number of carbonyl (C=O) groups excluding carboxylic acids is 1. The van der Waals surface area contributed by atoms with Gasteiger partial charge in [-0.1, -0.05) is 30.3 Å². The van der Waals surface area contributed by atoms with Crippen LogP contribution < -0.4 is 10.7 Å². The number of aromatic amines is 2. The third-order valence-corrected chi connectivity index (χ3v) is 3.02. The zero-order chi connectivity index (χ0) is 14.7. The molecule has 6 nitrogen and oxygen atoms in total. The van der Waals surface area contributed by atoms with Crippen molar-refractivity contribution in [3.05, 3.63) is 70.8 Å². The van der Waals surface area contributed by atoms with Crippen molar-refractivity contribution in [3.8, 4) is 11.3 Å². The summed E-state index contributed by atoms with van der Waals surface area (Å²) in [6, 6.07) is 10.7. The second-order valence-electron chi connectivity index (χ2n) is 4.40. The van der Waals surface area contributed by atoms with E-state index in [0.29, 0.717) is 11.3 Å². The Labute approximate surface area is 119 Å². The molecule has 0 unspecified atom stereocenters. The molecule has 0 spiro atoms. The second-order valence-corrected chi connectivity index (χ2v) is 4.40. The van der Waals surface area contributed by atoms with Gasteiger partial charge in [-0.2, -0.15) is 5.10 Å². The molecule has 0 atom stereocenters. The van der Waals surface area contributed by atoms with Crippen molar-refractivity contribution in [3.63, 3.8) is 0 Å². The summed E-state index contributed by atoms with van der Waals surface area (Å²) < 4.78 is 0. The zero-order valence-electron chi connectivity index (χ0n) is 11.0. The average Bonchev–Trinajstić information content (AvgIpc) is 3.00. The van der Waals surface area contributed by atoms with Gasteiger partial charge in [0.1, 0.15) is 5.69 Å². The SMILES string of the molecule is O=C(Nc1c[nH]ccc1=O)c1cn[nH]c1-c1ccccc1. The quantitative estimate of drug-likeness (QED) is 0.685. The van der Waals surface area contributed by atoms with Crippen LogP contribution in [-0.2, 0) is 0 Å². The third-order valence-electron chi connectivity index (χ3n) is 3.02. The number of carbonyl (C=O) groups is 1. The Kier molecular flexibility index (Phi) is 3.34. The number of amides is 1. The number of nitrogens with one attached hydrogen (secondary N) is 3. The first-order chi connectivity index (χ1) is 10.3. The predicted molar refractivity (Wildman–Crippen MR) is 79.0 cm³/mol. The molecule has 0 aliphatic carbocycles. The number of hydrogen-bond donors (Lipinski definition) is 3. The minimum Gasteiger partial charge on any atom is -0.366 e. The molecule has 0 radical (unpaired) electrons. The van der Waals surface area contributed by atoms with E-state index in [1.165, 1.54) is 24.7 Å². The number of hydrogen-bond acceptors (Lipinski definition) is 3. The summed E-state index contributed by atoms with van der Waals surface area (Å²) in [5, 5.41) is 9.30. The van der Waals surface area contributed by atoms with Crippen LogP contribution >= 0.6 is 0 Å². The molecule has 21 heavy (non-hydrogen) atoms. The fourth-order valence-corrected chi connectivity index (χ4v) is 1.99. The van der Waals surface area contributed by atoms with Gasteiger partial charge >= 0.3 is 0 Å². The van der Waals surface area contributed by atoms with Crippen LogP contribution in [0.2, 0.25) is 0 Å². The molecule has 0 aliphatic heterocycles. The maximum atomic E-state index is 12.3. The number of H-pyrrole nitrogens is 2. The van der Waals surface area contributed by atoms with Crippen molar-refractivity contribution >= 4 is 11.6 Å². The first kappa shape index (κ1) is 12.9. The standard InChI is InChI=1S/C15H12N4O2/c20-13-6-7-16-9-12(13)18-15(21)11-8-17-19-14(11)10-4-2-1-3-5-10/h1-9H,(H,16,20)(H,17,19)(H,18,21). The molecule has 0 fully saturated rings. The van der Waals surface area contributed by atoms with Crippen LogP contribution in [0.5, 0.6) is 0 Å². The largest absolute Gasteiger partial charge is 0.366 e. The lowest BCUT2D eigenvalue weighted by Crippen LogP contribution is -2.18. The first-order valence-corrected chi connectivity index (χ1v) is 6.33. The highest BCUT2D eigenvalue weighted by atomic mass is 16.2. The molecule has 0 saturated heterocycles. The van der Waals surface area contributed by atoms with E-state index in [0.717, 1.165) is 5.56 Å². The summed E-state index contributed by atoms with van der Waals surface area (Å²) >= 11 is 0. The molecule has 3 aromatic rings. The fourth-order valence-electron chi connectivity index (χ4n) is 1.99. The van der Waals surface area contributed by atoms with E-state index in [2.05, 4.69) is 20.5 Å². The summed E-state index contributed by atoms with van der Waals surface area (Å²) in [5.74, 6) is -0.390. The van der Waals surface area contributed by atoms with Gasteiger partial charge < -0.3 is 10.3 Å². The van der Waals surface area contributed by atoms with Crippen LogP contribution in [0, 0.1) is 0 Å². The minimum absolute atomic E-state index is 0.197. The van der Waals surface area contributed by atoms with E-state index in [-0.39, 0.29) is 17.0 Å². The van der Waals surface area contributed by atoms with Gasteiger partial charge in [0, 0.05) is 24.0 Å². The molecule has 1 amide bonds. The molecule has 104 valence electrons. The van der Waals surface area contributed by atoms with Crippen molar-refractivity contribution in [2.24, 2.45) is 0 Å². The number of benzene rings is 1. The molecule has 3 N–H and O–H groups in total. The monoisotopic (exact) mass is 280 g/mol. The van der Waals surface area contributed by atoms with E-state index in [1.807, 2.05) is 30.3 Å². The number of pyridine rings is 1. The summed E-state index contributed by atoms with van der Waals surface area (Å²) in [5.41, 5.74) is 1.78. The van der Waals surface area contributed by atoms with Crippen LogP contribution in [0.25, 0.3) is 11.3 Å². The second kappa shape index (κ2) is 5.46. The van der Waals surface area contributed by atoms with Crippen molar-refractivity contribution < 1.29 is 4.79 Å². The van der Waals surface area contributed by atoms with E-state index in [4.69, 9.17) is 0 Å². The maximum Gasteiger partial charge on any atom is 0.259 e. The van der Waals surface area contributed by atoms with Gasteiger partial charge in [0.2, 0.25) is 5.43 Å². The van der Waals surface area contributed by atoms with Gasteiger partial charge in [0.05, 0.1) is 17.5 Å². The molecule has 2 aromatic heterocycles. The van der Waals surface area contributed by atoms with Crippen LogP contribution in [0.3, 0.4) is 0 Å². The summed E-state index contributed by atoms with van der Waals surface area (Å²) in [7, 11) is 0. The lowest BCUT2D eigenvalue weighted by Gasteiger charge is -2.05. The highest BCUT2D eigenvalue weighted by molar-refractivity contribution is 6.07. The van der Waals surface area contributed by atoms with Crippen LogP contribution in [0.1, 0.15) is 10.4 Å². The van der Waals surface area contributed by atoms with Gasteiger partial charge in [0.15, 0.2) is 0 Å². The molecule has 0 aliphatic rings. The fraction of sp³-hybridized carbons (Fsp3) is 0. The first-order valence-electron chi connectivity index (χ1n) is 6.33. The molecular weight excluding hydrogens is 268 g/mol. The maximum absolute atomic E-state index is 12.3. The molecule has 3 rings (SSSR count). The number of nitrogens with zero attached hydrogens (tertiary/aromatic N) is 1. The van der Waals surface area contributed by atoms with Crippen molar-refractivity contribution in [2.75, 3.05) is 5.32 Å². The van der Waals surface area contributed by atoms with Gasteiger partial charge in [0.25, 0.3) is 5.91 Å². The summed E-state index contributed by atoms with van der Waals surface area (Å²) in [4.78, 5) is 26.7. The molecule has 6 heteroatoms. The highest BCUT2D eigenvalue weighted by Gasteiger charge is 2.16. The normalized spacial score (nSPS) is 10.3.